The number of aliphatic imine (C=N–C) groups is 1. The number of hydrogen-bond donors (Lipinski definition) is 2. The normalized spacial score (nSPS) is 19.3. The molecule has 0 aromatic heterocycles. The maximum atomic E-state index is 5.81. The van der Waals surface area contributed by atoms with Crippen LogP contribution < -0.4 is 10.6 Å². The fourth-order valence-corrected chi connectivity index (χ4v) is 3.43. The molecule has 0 radical (unpaired) electrons. The molecule has 2 fully saturated rings. The van der Waals surface area contributed by atoms with Crippen molar-refractivity contribution in [3.8, 4) is 0 Å². The summed E-state index contributed by atoms with van der Waals surface area (Å²) >= 11 is 0. The zero-order chi connectivity index (χ0) is 18.6. The third-order valence-electron chi connectivity index (χ3n) is 5.10. The lowest BCUT2D eigenvalue weighted by Crippen LogP contribution is -2.44. The van der Waals surface area contributed by atoms with Crippen molar-refractivity contribution in [3.63, 3.8) is 0 Å². The van der Waals surface area contributed by atoms with Crippen molar-refractivity contribution in [3.05, 3.63) is 0 Å². The lowest BCUT2D eigenvalue weighted by molar-refractivity contribution is 0.0205. The molecule has 2 N–H and O–H groups in total. The highest BCUT2D eigenvalue weighted by molar-refractivity contribution is 5.79. The quantitative estimate of drug-likeness (QED) is 0.314. The first-order valence-electron chi connectivity index (χ1n) is 10.6. The second kappa shape index (κ2) is 12.5. The summed E-state index contributed by atoms with van der Waals surface area (Å²) in [7, 11) is 0. The Labute approximate surface area is 160 Å². The lowest BCUT2D eigenvalue weighted by Gasteiger charge is -2.26. The van der Waals surface area contributed by atoms with Crippen molar-refractivity contribution in [1.82, 2.24) is 15.5 Å². The molecule has 6 heteroatoms. The molecule has 0 spiro atoms. The molecule has 1 saturated heterocycles. The van der Waals surface area contributed by atoms with Crippen molar-refractivity contribution >= 4 is 5.96 Å². The lowest BCUT2D eigenvalue weighted by atomic mass is 10.0. The summed E-state index contributed by atoms with van der Waals surface area (Å²) in [5.41, 5.74) is 0. The molecule has 1 aliphatic heterocycles. The van der Waals surface area contributed by atoms with Gasteiger partial charge in [-0.25, -0.2) is 0 Å². The van der Waals surface area contributed by atoms with Crippen LogP contribution in [-0.2, 0) is 9.47 Å². The van der Waals surface area contributed by atoms with Crippen molar-refractivity contribution in [2.24, 2.45) is 10.9 Å². The topological polar surface area (TPSA) is 58.1 Å². The number of guanidine groups is 1. The van der Waals surface area contributed by atoms with Crippen LogP contribution in [-0.4, -0.2) is 75.5 Å². The molecule has 1 aliphatic carbocycles. The summed E-state index contributed by atoms with van der Waals surface area (Å²) in [6, 6.07) is 1.43. The highest BCUT2D eigenvalue weighted by Gasteiger charge is 2.30. The van der Waals surface area contributed by atoms with Gasteiger partial charge in [0.05, 0.1) is 0 Å². The fraction of sp³-hybridized carbons (Fsp3) is 0.950. The Morgan fingerprint density at radius 3 is 2.62 bits per heavy atom. The van der Waals surface area contributed by atoms with E-state index in [-0.39, 0.29) is 0 Å². The van der Waals surface area contributed by atoms with Crippen LogP contribution in [0.2, 0.25) is 0 Å². The average Bonchev–Trinajstić information content (AvgIpc) is 3.47. The summed E-state index contributed by atoms with van der Waals surface area (Å²) in [6.07, 6.45) is 5.97. The Hall–Kier alpha value is -0.850. The van der Waals surface area contributed by atoms with E-state index < -0.39 is 0 Å². The number of ether oxygens (including phenoxy) is 2. The summed E-state index contributed by atoms with van der Waals surface area (Å²) in [5, 5.41) is 6.81. The molecule has 0 bridgehead atoms. The molecule has 0 atom stereocenters. The van der Waals surface area contributed by atoms with Gasteiger partial charge in [0.25, 0.3) is 0 Å². The maximum Gasteiger partial charge on any atom is 0.191 e. The summed E-state index contributed by atoms with van der Waals surface area (Å²) in [4.78, 5) is 7.27. The molecule has 6 nitrogen and oxygen atoms in total. The minimum absolute atomic E-state index is 0.622. The molecule has 0 amide bonds. The largest absolute Gasteiger partial charge is 0.381 e. The van der Waals surface area contributed by atoms with E-state index in [4.69, 9.17) is 9.47 Å². The van der Waals surface area contributed by atoms with E-state index >= 15 is 0 Å². The van der Waals surface area contributed by atoms with E-state index in [1.807, 2.05) is 0 Å². The summed E-state index contributed by atoms with van der Waals surface area (Å²) < 4.78 is 11.2. The molecule has 152 valence electrons. The van der Waals surface area contributed by atoms with Gasteiger partial charge in [-0.2, -0.15) is 0 Å². The molecule has 1 heterocycles. The molecule has 0 aromatic carbocycles. The smallest absolute Gasteiger partial charge is 0.191 e. The number of rotatable bonds is 12. The van der Waals surface area contributed by atoms with E-state index in [0.29, 0.717) is 12.0 Å². The van der Waals surface area contributed by atoms with E-state index in [9.17, 15) is 0 Å². The Balaban J connectivity index is 1.56. The van der Waals surface area contributed by atoms with Crippen LogP contribution in [0.1, 0.15) is 52.9 Å². The molecule has 0 unspecified atom stereocenters. The van der Waals surface area contributed by atoms with Gasteiger partial charge < -0.3 is 20.1 Å². The molecular weight excluding hydrogens is 328 g/mol. The van der Waals surface area contributed by atoms with E-state index in [0.717, 1.165) is 83.9 Å². The Morgan fingerprint density at radius 2 is 1.96 bits per heavy atom. The minimum Gasteiger partial charge on any atom is -0.381 e. The van der Waals surface area contributed by atoms with E-state index in [1.165, 1.54) is 12.8 Å². The van der Waals surface area contributed by atoms with Gasteiger partial charge in [0, 0.05) is 64.7 Å². The number of nitrogens with one attached hydrogen (secondary N) is 2. The first-order chi connectivity index (χ1) is 12.7. The molecule has 2 rings (SSSR count). The molecular formula is C20H40N4O2. The first kappa shape index (κ1) is 21.5. The third-order valence-corrected chi connectivity index (χ3v) is 5.10. The standard InChI is InChI=1S/C20H40N4O2/c1-4-21-20(23-11-12-24(17(2)3)19-6-7-19)22-10-5-13-26-16-18-8-14-25-15-9-18/h17-19H,4-16H2,1-3H3,(H2,21,22,23). The second-order valence-electron chi connectivity index (χ2n) is 7.73. The number of nitrogens with zero attached hydrogens (tertiary/aromatic N) is 2. The highest BCUT2D eigenvalue weighted by atomic mass is 16.5. The van der Waals surface area contributed by atoms with Gasteiger partial charge >= 0.3 is 0 Å². The van der Waals surface area contributed by atoms with Crippen LogP contribution in [0.15, 0.2) is 4.99 Å². The third kappa shape index (κ3) is 8.69. The van der Waals surface area contributed by atoms with Gasteiger partial charge in [0.15, 0.2) is 5.96 Å². The van der Waals surface area contributed by atoms with Crippen molar-refractivity contribution in [2.75, 3.05) is 52.6 Å². The summed E-state index contributed by atoms with van der Waals surface area (Å²) in [5.74, 6) is 1.61. The monoisotopic (exact) mass is 368 g/mol. The Morgan fingerprint density at radius 1 is 1.19 bits per heavy atom. The van der Waals surface area contributed by atoms with Crippen LogP contribution in [0.25, 0.3) is 0 Å². The zero-order valence-electron chi connectivity index (χ0n) is 17.1. The van der Waals surface area contributed by atoms with E-state index in [2.05, 4.69) is 41.3 Å². The van der Waals surface area contributed by atoms with Crippen LogP contribution in [0, 0.1) is 5.92 Å². The number of hydrogen-bond acceptors (Lipinski definition) is 4. The van der Waals surface area contributed by atoms with Gasteiger partial charge in [-0.15, -0.1) is 0 Å². The van der Waals surface area contributed by atoms with Crippen LogP contribution in [0.3, 0.4) is 0 Å². The Kier molecular flexibility index (Phi) is 10.3. The average molecular weight is 369 g/mol. The van der Waals surface area contributed by atoms with Gasteiger partial charge in [-0.3, -0.25) is 9.89 Å². The van der Waals surface area contributed by atoms with Gasteiger partial charge in [-0.05, 0) is 58.8 Å². The zero-order valence-corrected chi connectivity index (χ0v) is 17.1. The molecule has 26 heavy (non-hydrogen) atoms. The predicted octanol–water partition coefficient (Wildman–Crippen LogP) is 2.25. The maximum absolute atomic E-state index is 5.81. The van der Waals surface area contributed by atoms with Crippen molar-refractivity contribution in [2.45, 2.75) is 65.0 Å². The Bertz CT molecular complexity index is 391. The van der Waals surface area contributed by atoms with Gasteiger partial charge in [0.2, 0.25) is 0 Å². The minimum atomic E-state index is 0.622. The summed E-state index contributed by atoms with van der Waals surface area (Å²) in [6.45, 7) is 13.9. The van der Waals surface area contributed by atoms with E-state index in [1.54, 1.807) is 0 Å². The van der Waals surface area contributed by atoms with Crippen LogP contribution in [0.4, 0.5) is 0 Å². The molecule has 1 saturated carbocycles. The van der Waals surface area contributed by atoms with Crippen LogP contribution in [0.5, 0.6) is 0 Å². The highest BCUT2D eigenvalue weighted by Crippen LogP contribution is 2.27. The molecule has 2 aliphatic rings. The van der Waals surface area contributed by atoms with Gasteiger partial charge in [0.1, 0.15) is 0 Å². The van der Waals surface area contributed by atoms with Crippen LogP contribution >= 0.6 is 0 Å². The van der Waals surface area contributed by atoms with Gasteiger partial charge in [-0.1, -0.05) is 0 Å². The fourth-order valence-electron chi connectivity index (χ4n) is 3.43. The van der Waals surface area contributed by atoms with Crippen molar-refractivity contribution < 1.29 is 9.47 Å². The molecule has 0 aromatic rings. The second-order valence-corrected chi connectivity index (χ2v) is 7.73. The predicted molar refractivity (Wildman–Crippen MR) is 108 cm³/mol. The SMILES string of the molecule is CCNC(=NCCCOCC1CCOCC1)NCCN(C(C)C)C1CC1. The van der Waals surface area contributed by atoms with Crippen molar-refractivity contribution in [1.29, 1.82) is 0 Å². The first-order valence-corrected chi connectivity index (χ1v) is 10.6.